The van der Waals surface area contributed by atoms with Crippen molar-refractivity contribution in [2.45, 2.75) is 12.6 Å². The lowest BCUT2D eigenvalue weighted by molar-refractivity contribution is 0.179. The normalized spacial score (nSPS) is 12.8. The Bertz CT molecular complexity index is 263. The third kappa shape index (κ3) is 3.83. The fourth-order valence-electron chi connectivity index (χ4n) is 1.07. The van der Waals surface area contributed by atoms with Gasteiger partial charge >= 0.3 is 0 Å². The zero-order chi connectivity index (χ0) is 10.4. The standard InChI is InChI=1S/C10H15FN2O/c11-9-3-1-8(2-4-9)6-13-7-10(14)5-12/h1-4,10,13-14H,5-7,12H2/t10-/m1/s1. The molecule has 0 bridgehead atoms. The van der Waals surface area contributed by atoms with Crippen LogP contribution in [0.2, 0.25) is 0 Å². The van der Waals surface area contributed by atoms with Gasteiger partial charge in [0.2, 0.25) is 0 Å². The highest BCUT2D eigenvalue weighted by atomic mass is 19.1. The van der Waals surface area contributed by atoms with Crippen molar-refractivity contribution in [3.05, 3.63) is 35.6 Å². The Morgan fingerprint density at radius 3 is 2.57 bits per heavy atom. The molecule has 1 atom stereocenters. The lowest BCUT2D eigenvalue weighted by Crippen LogP contribution is -2.32. The molecule has 0 radical (unpaired) electrons. The predicted molar refractivity (Wildman–Crippen MR) is 53.2 cm³/mol. The molecule has 3 nitrogen and oxygen atoms in total. The van der Waals surface area contributed by atoms with Crippen molar-refractivity contribution in [2.24, 2.45) is 5.73 Å². The van der Waals surface area contributed by atoms with Crippen LogP contribution in [0.5, 0.6) is 0 Å². The molecule has 1 aromatic rings. The van der Waals surface area contributed by atoms with E-state index in [1.165, 1.54) is 12.1 Å². The number of aliphatic hydroxyl groups excluding tert-OH is 1. The molecule has 0 saturated heterocycles. The van der Waals surface area contributed by atoms with Crippen LogP contribution < -0.4 is 11.1 Å². The van der Waals surface area contributed by atoms with Gasteiger partial charge in [-0.3, -0.25) is 0 Å². The summed E-state index contributed by atoms with van der Waals surface area (Å²) in [6.07, 6.45) is -0.518. The first kappa shape index (κ1) is 11.1. The van der Waals surface area contributed by atoms with Gasteiger partial charge in [0.05, 0.1) is 6.10 Å². The van der Waals surface area contributed by atoms with E-state index >= 15 is 0 Å². The number of rotatable bonds is 5. The lowest BCUT2D eigenvalue weighted by atomic mass is 10.2. The van der Waals surface area contributed by atoms with Gasteiger partial charge in [0.15, 0.2) is 0 Å². The zero-order valence-electron chi connectivity index (χ0n) is 7.91. The molecule has 0 unspecified atom stereocenters. The summed E-state index contributed by atoms with van der Waals surface area (Å²) in [5.41, 5.74) is 6.21. The second-order valence-corrected chi connectivity index (χ2v) is 3.15. The Labute approximate surface area is 82.7 Å². The Hall–Kier alpha value is -0.970. The van der Waals surface area contributed by atoms with Crippen LogP contribution in [0.25, 0.3) is 0 Å². The predicted octanol–water partition coefficient (Wildman–Crippen LogP) is 0.235. The van der Waals surface area contributed by atoms with Gasteiger partial charge in [-0.25, -0.2) is 4.39 Å². The number of nitrogens with one attached hydrogen (secondary N) is 1. The van der Waals surface area contributed by atoms with E-state index in [-0.39, 0.29) is 12.4 Å². The van der Waals surface area contributed by atoms with Gasteiger partial charge in [-0.15, -0.1) is 0 Å². The zero-order valence-corrected chi connectivity index (χ0v) is 7.91. The highest BCUT2D eigenvalue weighted by molar-refractivity contribution is 5.15. The monoisotopic (exact) mass is 198 g/mol. The molecule has 0 saturated carbocycles. The quantitative estimate of drug-likeness (QED) is 0.635. The van der Waals surface area contributed by atoms with Crippen LogP contribution in [0.15, 0.2) is 24.3 Å². The maximum atomic E-state index is 12.5. The van der Waals surface area contributed by atoms with Crippen LogP contribution in [0.4, 0.5) is 4.39 Å². The molecule has 14 heavy (non-hydrogen) atoms. The molecule has 1 rings (SSSR count). The Kier molecular flexibility index (Phi) is 4.52. The minimum absolute atomic E-state index is 0.240. The summed E-state index contributed by atoms with van der Waals surface area (Å²) >= 11 is 0. The van der Waals surface area contributed by atoms with Crippen molar-refractivity contribution in [3.8, 4) is 0 Å². The number of hydrogen-bond donors (Lipinski definition) is 3. The maximum Gasteiger partial charge on any atom is 0.123 e. The van der Waals surface area contributed by atoms with E-state index in [1.807, 2.05) is 0 Å². The first-order valence-corrected chi connectivity index (χ1v) is 4.55. The Morgan fingerprint density at radius 1 is 1.36 bits per heavy atom. The van der Waals surface area contributed by atoms with Crippen LogP contribution in [0.3, 0.4) is 0 Å². The molecule has 0 aliphatic rings. The van der Waals surface area contributed by atoms with Gasteiger partial charge < -0.3 is 16.2 Å². The van der Waals surface area contributed by atoms with E-state index in [0.717, 1.165) is 5.56 Å². The van der Waals surface area contributed by atoms with Crippen molar-refractivity contribution in [2.75, 3.05) is 13.1 Å². The summed E-state index contributed by atoms with van der Waals surface area (Å²) in [5.74, 6) is -0.240. The minimum atomic E-state index is -0.518. The summed E-state index contributed by atoms with van der Waals surface area (Å²) in [4.78, 5) is 0. The van der Waals surface area contributed by atoms with E-state index in [2.05, 4.69) is 5.32 Å². The van der Waals surface area contributed by atoms with Crippen LogP contribution >= 0.6 is 0 Å². The van der Waals surface area contributed by atoms with Crippen molar-refractivity contribution in [3.63, 3.8) is 0 Å². The summed E-state index contributed by atoms with van der Waals surface area (Å²) in [6.45, 7) is 1.31. The van der Waals surface area contributed by atoms with Crippen molar-refractivity contribution < 1.29 is 9.50 Å². The molecule has 1 aromatic carbocycles. The minimum Gasteiger partial charge on any atom is -0.390 e. The molecule has 0 aromatic heterocycles. The van der Waals surface area contributed by atoms with Crippen LogP contribution in [0, 0.1) is 5.82 Å². The number of benzene rings is 1. The topological polar surface area (TPSA) is 58.3 Å². The lowest BCUT2D eigenvalue weighted by Gasteiger charge is -2.08. The smallest absolute Gasteiger partial charge is 0.123 e. The molecular formula is C10H15FN2O. The number of nitrogens with two attached hydrogens (primary N) is 1. The van der Waals surface area contributed by atoms with E-state index in [1.54, 1.807) is 12.1 Å². The van der Waals surface area contributed by atoms with Gasteiger partial charge in [-0.2, -0.15) is 0 Å². The number of aliphatic hydroxyl groups is 1. The molecule has 0 aliphatic heterocycles. The fourth-order valence-corrected chi connectivity index (χ4v) is 1.07. The third-order valence-electron chi connectivity index (χ3n) is 1.89. The van der Waals surface area contributed by atoms with Gasteiger partial charge in [-0.05, 0) is 17.7 Å². The van der Waals surface area contributed by atoms with E-state index in [9.17, 15) is 4.39 Å². The van der Waals surface area contributed by atoms with Crippen molar-refractivity contribution in [1.82, 2.24) is 5.32 Å². The Morgan fingerprint density at radius 2 is 2.00 bits per heavy atom. The van der Waals surface area contributed by atoms with Gasteiger partial charge in [-0.1, -0.05) is 12.1 Å². The summed E-state index contributed by atoms with van der Waals surface area (Å²) < 4.78 is 12.5. The molecule has 0 aliphatic carbocycles. The van der Waals surface area contributed by atoms with Crippen LogP contribution in [-0.4, -0.2) is 24.3 Å². The van der Waals surface area contributed by atoms with Gasteiger partial charge in [0.1, 0.15) is 5.82 Å². The Balaban J connectivity index is 2.28. The average molecular weight is 198 g/mol. The summed E-state index contributed by atoms with van der Waals surface area (Å²) in [5, 5.41) is 12.2. The van der Waals surface area contributed by atoms with Crippen molar-refractivity contribution >= 4 is 0 Å². The molecule has 78 valence electrons. The largest absolute Gasteiger partial charge is 0.390 e. The van der Waals surface area contributed by atoms with E-state index < -0.39 is 6.10 Å². The number of hydrogen-bond acceptors (Lipinski definition) is 3. The molecule has 0 fully saturated rings. The second-order valence-electron chi connectivity index (χ2n) is 3.15. The molecule has 0 heterocycles. The first-order chi connectivity index (χ1) is 6.72. The van der Waals surface area contributed by atoms with Gasteiger partial charge in [0, 0.05) is 19.6 Å². The van der Waals surface area contributed by atoms with Gasteiger partial charge in [0.25, 0.3) is 0 Å². The van der Waals surface area contributed by atoms with E-state index in [4.69, 9.17) is 10.8 Å². The maximum absolute atomic E-state index is 12.5. The third-order valence-corrected chi connectivity index (χ3v) is 1.89. The number of halogens is 1. The van der Waals surface area contributed by atoms with Crippen LogP contribution in [-0.2, 0) is 6.54 Å². The molecular weight excluding hydrogens is 183 g/mol. The molecule has 4 heteroatoms. The SMILES string of the molecule is NC[C@@H](O)CNCc1ccc(F)cc1. The molecule has 0 spiro atoms. The molecule has 0 amide bonds. The van der Waals surface area contributed by atoms with Crippen LogP contribution in [0.1, 0.15) is 5.56 Å². The second kappa shape index (κ2) is 5.70. The summed E-state index contributed by atoms with van der Waals surface area (Å²) in [7, 11) is 0. The summed E-state index contributed by atoms with van der Waals surface area (Å²) in [6, 6.07) is 6.24. The first-order valence-electron chi connectivity index (χ1n) is 4.55. The molecule has 4 N–H and O–H groups in total. The van der Waals surface area contributed by atoms with E-state index in [0.29, 0.717) is 13.1 Å². The highest BCUT2D eigenvalue weighted by Gasteiger charge is 1.99. The fraction of sp³-hybridized carbons (Fsp3) is 0.400. The highest BCUT2D eigenvalue weighted by Crippen LogP contribution is 2.01. The average Bonchev–Trinajstić information content (AvgIpc) is 2.21. The van der Waals surface area contributed by atoms with Crippen molar-refractivity contribution in [1.29, 1.82) is 0 Å².